The number of amides is 1. The van der Waals surface area contributed by atoms with Gasteiger partial charge in [-0.25, -0.2) is 8.42 Å². The Labute approximate surface area is 166 Å². The Morgan fingerprint density at radius 2 is 1.79 bits per heavy atom. The molecule has 3 rings (SSSR count). The third kappa shape index (κ3) is 4.05. The van der Waals surface area contributed by atoms with Gasteiger partial charge in [0.15, 0.2) is 0 Å². The predicted molar refractivity (Wildman–Crippen MR) is 108 cm³/mol. The molecular weight excluding hydrogens is 378 g/mol. The number of aryl methyl sites for hydroxylation is 2. The van der Waals surface area contributed by atoms with Crippen molar-refractivity contribution < 1.29 is 13.2 Å². The monoisotopic (exact) mass is 405 g/mol. The maximum Gasteiger partial charge on any atom is 0.251 e. The Bertz CT molecular complexity index is 923. The van der Waals surface area contributed by atoms with Crippen LogP contribution in [0, 0.1) is 13.8 Å². The smallest absolute Gasteiger partial charge is 0.251 e. The van der Waals surface area contributed by atoms with Gasteiger partial charge in [0.05, 0.1) is 11.4 Å². The summed E-state index contributed by atoms with van der Waals surface area (Å²) < 4.78 is 27.3. The van der Waals surface area contributed by atoms with Gasteiger partial charge < -0.3 is 10.2 Å². The number of sulfonamides is 1. The maximum absolute atomic E-state index is 12.9. The molecule has 1 aliphatic heterocycles. The molecule has 2 heterocycles. The number of aromatic nitrogens is 2. The lowest BCUT2D eigenvalue weighted by Crippen LogP contribution is -2.46. The second kappa shape index (κ2) is 7.92. The van der Waals surface area contributed by atoms with Crippen LogP contribution in [0.4, 0.5) is 5.69 Å². The maximum atomic E-state index is 12.9. The number of nitrogens with one attached hydrogen (secondary N) is 2. The van der Waals surface area contributed by atoms with Crippen LogP contribution in [0.15, 0.2) is 29.2 Å². The van der Waals surface area contributed by atoms with Gasteiger partial charge in [0.2, 0.25) is 10.0 Å². The van der Waals surface area contributed by atoms with Gasteiger partial charge >= 0.3 is 0 Å². The largest absolute Gasteiger partial charge is 0.378 e. The van der Waals surface area contributed by atoms with Crippen LogP contribution in [0.2, 0.25) is 0 Å². The van der Waals surface area contributed by atoms with E-state index in [-0.39, 0.29) is 16.8 Å². The topological polar surface area (TPSA) is 98.4 Å². The molecule has 1 fully saturated rings. The van der Waals surface area contributed by atoms with E-state index in [4.69, 9.17) is 0 Å². The van der Waals surface area contributed by atoms with E-state index >= 15 is 0 Å². The highest BCUT2D eigenvalue weighted by Crippen LogP contribution is 2.25. The molecule has 2 N–H and O–H groups in total. The lowest BCUT2D eigenvalue weighted by Gasteiger charge is -2.31. The summed E-state index contributed by atoms with van der Waals surface area (Å²) in [7, 11) is 0.321. The van der Waals surface area contributed by atoms with Gasteiger partial charge in [-0.15, -0.1) is 0 Å². The first kappa shape index (κ1) is 20.3. The summed E-state index contributed by atoms with van der Waals surface area (Å²) in [6.45, 7) is 4.14. The molecule has 1 aromatic carbocycles. The number of anilines is 1. The van der Waals surface area contributed by atoms with Gasteiger partial charge in [-0.3, -0.25) is 9.89 Å². The first-order valence-corrected chi connectivity index (χ1v) is 10.7. The van der Waals surface area contributed by atoms with Gasteiger partial charge in [0.25, 0.3) is 5.91 Å². The zero-order chi connectivity index (χ0) is 20.5. The fourth-order valence-electron chi connectivity index (χ4n) is 3.47. The SMILES string of the molecule is Cc1n[nH]c(C)c1S(=O)(=O)N1CCC(NC(=O)c2ccc(N(C)C)cc2)CC1. The van der Waals surface area contributed by atoms with E-state index in [0.29, 0.717) is 42.9 Å². The van der Waals surface area contributed by atoms with Crippen molar-refractivity contribution in [3.8, 4) is 0 Å². The summed E-state index contributed by atoms with van der Waals surface area (Å²) in [6.07, 6.45) is 1.16. The number of H-pyrrole nitrogens is 1. The molecule has 28 heavy (non-hydrogen) atoms. The summed E-state index contributed by atoms with van der Waals surface area (Å²) >= 11 is 0. The molecule has 0 atom stereocenters. The molecule has 0 spiro atoms. The van der Waals surface area contributed by atoms with E-state index < -0.39 is 10.0 Å². The molecule has 0 unspecified atom stereocenters. The molecular formula is C19H27N5O3S. The van der Waals surface area contributed by atoms with Gasteiger partial charge in [-0.1, -0.05) is 0 Å². The number of benzene rings is 1. The first-order valence-electron chi connectivity index (χ1n) is 9.30. The molecule has 1 saturated heterocycles. The van der Waals surface area contributed by atoms with Crippen molar-refractivity contribution in [3.63, 3.8) is 0 Å². The summed E-state index contributed by atoms with van der Waals surface area (Å²) in [6, 6.07) is 7.36. The Balaban J connectivity index is 1.60. The zero-order valence-electron chi connectivity index (χ0n) is 16.7. The van der Waals surface area contributed by atoms with E-state index in [0.717, 1.165) is 5.69 Å². The van der Waals surface area contributed by atoms with E-state index in [1.54, 1.807) is 26.0 Å². The Morgan fingerprint density at radius 3 is 2.29 bits per heavy atom. The van der Waals surface area contributed by atoms with Crippen LogP contribution in [0.5, 0.6) is 0 Å². The number of carbonyl (C=O) groups is 1. The van der Waals surface area contributed by atoms with Crippen LogP contribution >= 0.6 is 0 Å². The van der Waals surface area contributed by atoms with Crippen LogP contribution in [-0.2, 0) is 10.0 Å². The summed E-state index contributed by atoms with van der Waals surface area (Å²) in [5, 5.41) is 9.74. The van der Waals surface area contributed by atoms with Crippen LogP contribution < -0.4 is 10.2 Å². The van der Waals surface area contributed by atoms with E-state index in [1.807, 2.05) is 31.1 Å². The molecule has 1 aliphatic rings. The predicted octanol–water partition coefficient (Wildman–Crippen LogP) is 1.68. The Hall–Kier alpha value is -2.39. The molecule has 152 valence electrons. The zero-order valence-corrected chi connectivity index (χ0v) is 17.5. The van der Waals surface area contributed by atoms with Crippen LogP contribution in [-0.4, -0.2) is 62.1 Å². The van der Waals surface area contributed by atoms with Crippen molar-refractivity contribution in [2.75, 3.05) is 32.1 Å². The average molecular weight is 406 g/mol. The number of piperidine rings is 1. The Kier molecular flexibility index (Phi) is 5.76. The minimum absolute atomic E-state index is 0.0426. The molecule has 0 radical (unpaired) electrons. The van der Waals surface area contributed by atoms with E-state index in [9.17, 15) is 13.2 Å². The normalized spacial score (nSPS) is 16.1. The minimum atomic E-state index is -3.57. The van der Waals surface area contributed by atoms with Crippen molar-refractivity contribution >= 4 is 21.6 Å². The molecule has 0 bridgehead atoms. The standard InChI is InChI=1S/C19H27N5O3S/c1-13-18(14(2)22-21-13)28(26,27)24-11-9-16(10-12-24)20-19(25)15-5-7-17(8-6-15)23(3)4/h5-8,16H,9-12H2,1-4H3,(H,20,25)(H,21,22). The average Bonchev–Trinajstić information content (AvgIpc) is 3.01. The second-order valence-electron chi connectivity index (χ2n) is 7.36. The molecule has 2 aromatic rings. The number of hydrogen-bond donors (Lipinski definition) is 2. The van der Waals surface area contributed by atoms with E-state index in [2.05, 4.69) is 15.5 Å². The fraction of sp³-hybridized carbons (Fsp3) is 0.474. The summed E-state index contributed by atoms with van der Waals surface area (Å²) in [4.78, 5) is 14.7. The second-order valence-corrected chi connectivity index (χ2v) is 9.23. The van der Waals surface area contributed by atoms with Crippen LogP contribution in [0.1, 0.15) is 34.6 Å². The summed E-state index contributed by atoms with van der Waals surface area (Å²) in [5.74, 6) is -0.131. The highest BCUT2D eigenvalue weighted by molar-refractivity contribution is 7.89. The van der Waals surface area contributed by atoms with E-state index in [1.165, 1.54) is 4.31 Å². The fourth-order valence-corrected chi connectivity index (χ4v) is 5.27. The van der Waals surface area contributed by atoms with Crippen molar-refractivity contribution in [1.82, 2.24) is 19.8 Å². The number of aromatic amines is 1. The van der Waals surface area contributed by atoms with Crippen LogP contribution in [0.3, 0.4) is 0 Å². The minimum Gasteiger partial charge on any atom is -0.378 e. The third-order valence-electron chi connectivity index (χ3n) is 5.09. The molecule has 0 aliphatic carbocycles. The molecule has 8 nitrogen and oxygen atoms in total. The number of nitrogens with zero attached hydrogens (tertiary/aromatic N) is 3. The van der Waals surface area contributed by atoms with Gasteiger partial charge in [0, 0.05) is 44.5 Å². The van der Waals surface area contributed by atoms with Crippen molar-refractivity contribution in [2.45, 2.75) is 37.6 Å². The molecule has 9 heteroatoms. The quantitative estimate of drug-likeness (QED) is 0.789. The van der Waals surface area contributed by atoms with Crippen molar-refractivity contribution in [3.05, 3.63) is 41.2 Å². The van der Waals surface area contributed by atoms with Crippen LogP contribution in [0.25, 0.3) is 0 Å². The third-order valence-corrected chi connectivity index (χ3v) is 7.26. The van der Waals surface area contributed by atoms with Crippen molar-refractivity contribution in [2.24, 2.45) is 0 Å². The number of carbonyl (C=O) groups excluding carboxylic acids is 1. The molecule has 1 aromatic heterocycles. The molecule has 1 amide bonds. The highest BCUT2D eigenvalue weighted by atomic mass is 32.2. The van der Waals surface area contributed by atoms with Gasteiger partial charge in [-0.05, 0) is 51.0 Å². The number of hydrogen-bond acceptors (Lipinski definition) is 5. The first-order chi connectivity index (χ1) is 13.2. The van der Waals surface area contributed by atoms with Gasteiger partial charge in [0.1, 0.15) is 4.90 Å². The van der Waals surface area contributed by atoms with Gasteiger partial charge in [-0.2, -0.15) is 9.40 Å². The lowest BCUT2D eigenvalue weighted by molar-refractivity contribution is 0.0924. The summed E-state index contributed by atoms with van der Waals surface area (Å²) in [5.41, 5.74) is 2.66. The Morgan fingerprint density at radius 1 is 1.18 bits per heavy atom. The lowest BCUT2D eigenvalue weighted by atomic mass is 10.1. The van der Waals surface area contributed by atoms with Crippen molar-refractivity contribution in [1.29, 1.82) is 0 Å². The number of rotatable bonds is 5. The highest BCUT2D eigenvalue weighted by Gasteiger charge is 2.33. The molecule has 0 saturated carbocycles.